The van der Waals surface area contributed by atoms with Gasteiger partial charge in [-0.2, -0.15) is 0 Å². The number of halogens is 2. The highest BCUT2D eigenvalue weighted by molar-refractivity contribution is 5.96. The van der Waals surface area contributed by atoms with E-state index in [4.69, 9.17) is 9.15 Å². The first kappa shape index (κ1) is 17.3. The molecular weight excluding hydrogens is 348 g/mol. The summed E-state index contributed by atoms with van der Waals surface area (Å²) in [5.74, 6) is -4.00. The van der Waals surface area contributed by atoms with Gasteiger partial charge >= 0.3 is 11.6 Å². The summed E-state index contributed by atoms with van der Waals surface area (Å²) in [6.07, 6.45) is 0. The van der Waals surface area contributed by atoms with Crippen molar-refractivity contribution in [2.45, 2.75) is 0 Å². The Labute approximate surface area is 145 Å². The van der Waals surface area contributed by atoms with Crippen LogP contribution in [0.2, 0.25) is 0 Å². The largest absolute Gasteiger partial charge is 0.452 e. The highest BCUT2D eigenvalue weighted by Gasteiger charge is 2.18. The minimum Gasteiger partial charge on any atom is -0.452 e. The van der Waals surface area contributed by atoms with Crippen molar-refractivity contribution in [2.75, 3.05) is 11.9 Å². The molecular formula is C18H11F2NO5. The molecule has 0 fully saturated rings. The monoisotopic (exact) mass is 359 g/mol. The van der Waals surface area contributed by atoms with Crippen molar-refractivity contribution in [1.29, 1.82) is 0 Å². The van der Waals surface area contributed by atoms with E-state index in [1.165, 1.54) is 6.07 Å². The van der Waals surface area contributed by atoms with Crippen LogP contribution in [0.4, 0.5) is 14.5 Å². The second-order valence-electron chi connectivity index (χ2n) is 5.21. The van der Waals surface area contributed by atoms with Gasteiger partial charge in [0.15, 0.2) is 6.61 Å². The molecule has 1 heterocycles. The van der Waals surface area contributed by atoms with Crippen molar-refractivity contribution >= 4 is 28.5 Å². The van der Waals surface area contributed by atoms with E-state index < -0.39 is 47.0 Å². The minimum absolute atomic E-state index is 0.293. The summed E-state index contributed by atoms with van der Waals surface area (Å²) in [6, 6.07) is 10.9. The maximum atomic E-state index is 13.5. The van der Waals surface area contributed by atoms with Crippen molar-refractivity contribution in [3.05, 3.63) is 76.1 Å². The van der Waals surface area contributed by atoms with Crippen LogP contribution < -0.4 is 10.9 Å². The van der Waals surface area contributed by atoms with Crippen molar-refractivity contribution in [2.24, 2.45) is 0 Å². The number of rotatable bonds is 4. The van der Waals surface area contributed by atoms with Crippen LogP contribution in [0.5, 0.6) is 0 Å². The Hall–Kier alpha value is -3.55. The third-order valence-electron chi connectivity index (χ3n) is 3.42. The maximum Gasteiger partial charge on any atom is 0.351 e. The highest BCUT2D eigenvalue weighted by Crippen LogP contribution is 2.18. The van der Waals surface area contributed by atoms with E-state index in [1.807, 2.05) is 5.32 Å². The Morgan fingerprint density at radius 3 is 2.46 bits per heavy atom. The van der Waals surface area contributed by atoms with Gasteiger partial charge < -0.3 is 14.5 Å². The normalized spacial score (nSPS) is 10.5. The molecule has 0 aliphatic heterocycles. The predicted octanol–water partition coefficient (Wildman–Crippen LogP) is 2.87. The van der Waals surface area contributed by atoms with E-state index >= 15 is 0 Å². The van der Waals surface area contributed by atoms with Crippen LogP contribution in [-0.2, 0) is 9.53 Å². The zero-order valence-corrected chi connectivity index (χ0v) is 13.1. The van der Waals surface area contributed by atoms with Gasteiger partial charge in [-0.05, 0) is 24.3 Å². The lowest BCUT2D eigenvalue weighted by molar-refractivity contribution is -0.119. The molecule has 26 heavy (non-hydrogen) atoms. The predicted molar refractivity (Wildman–Crippen MR) is 87.8 cm³/mol. The van der Waals surface area contributed by atoms with Crippen LogP contribution in [0.3, 0.4) is 0 Å². The Morgan fingerprint density at radius 1 is 1.04 bits per heavy atom. The Kier molecular flexibility index (Phi) is 4.74. The lowest BCUT2D eigenvalue weighted by atomic mass is 10.2. The first-order valence-electron chi connectivity index (χ1n) is 7.39. The fourth-order valence-corrected chi connectivity index (χ4v) is 2.21. The van der Waals surface area contributed by atoms with Crippen LogP contribution in [-0.4, -0.2) is 18.5 Å². The number of carbonyl (C=O) groups excluding carboxylic acids is 2. The van der Waals surface area contributed by atoms with Gasteiger partial charge in [-0.1, -0.05) is 24.3 Å². The van der Waals surface area contributed by atoms with E-state index in [0.29, 0.717) is 11.0 Å². The first-order valence-corrected chi connectivity index (χ1v) is 7.39. The van der Waals surface area contributed by atoms with Gasteiger partial charge in [-0.3, -0.25) is 4.79 Å². The number of fused-ring (bicyclic) bond motifs is 1. The average Bonchev–Trinajstić information content (AvgIpc) is 2.62. The Morgan fingerprint density at radius 2 is 1.73 bits per heavy atom. The van der Waals surface area contributed by atoms with Crippen molar-refractivity contribution < 1.29 is 27.5 Å². The molecule has 0 radical (unpaired) electrons. The summed E-state index contributed by atoms with van der Waals surface area (Å²) in [7, 11) is 0. The molecule has 0 saturated heterocycles. The number of hydrogen-bond acceptors (Lipinski definition) is 5. The number of ether oxygens (including phenoxy) is 1. The number of carbonyl (C=O) groups is 2. The van der Waals surface area contributed by atoms with Crippen LogP contribution in [0, 0.1) is 11.6 Å². The van der Waals surface area contributed by atoms with Crippen LogP contribution >= 0.6 is 0 Å². The van der Waals surface area contributed by atoms with Gasteiger partial charge in [0.05, 0.1) is 0 Å². The maximum absolute atomic E-state index is 13.5. The van der Waals surface area contributed by atoms with Gasteiger partial charge in [0.2, 0.25) is 0 Å². The number of hydrogen-bond donors (Lipinski definition) is 1. The SMILES string of the molecule is O=C(COC(=O)c1cc2ccccc2oc1=O)Nc1c(F)cccc1F. The summed E-state index contributed by atoms with van der Waals surface area (Å²) in [4.78, 5) is 35.5. The number of esters is 1. The molecule has 0 aliphatic carbocycles. The van der Waals surface area contributed by atoms with E-state index in [-0.39, 0.29) is 0 Å². The molecule has 3 aromatic rings. The Bertz CT molecular complexity index is 1040. The van der Waals surface area contributed by atoms with Gasteiger partial charge in [0, 0.05) is 5.39 Å². The number of benzene rings is 2. The molecule has 0 spiro atoms. The number of anilines is 1. The van der Waals surface area contributed by atoms with Gasteiger partial charge in [-0.25, -0.2) is 18.4 Å². The van der Waals surface area contributed by atoms with Crippen LogP contribution in [0.1, 0.15) is 10.4 Å². The van der Waals surface area contributed by atoms with E-state index in [2.05, 4.69) is 0 Å². The lowest BCUT2D eigenvalue weighted by Crippen LogP contribution is -2.24. The summed E-state index contributed by atoms with van der Waals surface area (Å²) < 4.78 is 36.6. The van der Waals surface area contributed by atoms with Gasteiger partial charge in [0.25, 0.3) is 5.91 Å². The van der Waals surface area contributed by atoms with Gasteiger partial charge in [0.1, 0.15) is 28.5 Å². The minimum atomic E-state index is -1.09. The molecule has 0 aliphatic rings. The molecule has 0 saturated carbocycles. The lowest BCUT2D eigenvalue weighted by Gasteiger charge is -2.08. The molecule has 2 aromatic carbocycles. The number of nitrogens with one attached hydrogen (secondary N) is 1. The van der Waals surface area contributed by atoms with E-state index in [9.17, 15) is 23.2 Å². The molecule has 0 bridgehead atoms. The second-order valence-corrected chi connectivity index (χ2v) is 5.21. The fraction of sp³-hybridized carbons (Fsp3) is 0.0556. The van der Waals surface area contributed by atoms with Crippen molar-refractivity contribution in [1.82, 2.24) is 0 Å². The molecule has 132 valence electrons. The molecule has 6 nitrogen and oxygen atoms in total. The third kappa shape index (κ3) is 3.59. The topological polar surface area (TPSA) is 85.6 Å². The molecule has 3 rings (SSSR count). The smallest absolute Gasteiger partial charge is 0.351 e. The quantitative estimate of drug-likeness (QED) is 0.572. The van der Waals surface area contributed by atoms with E-state index in [1.54, 1.807) is 24.3 Å². The summed E-state index contributed by atoms with van der Waals surface area (Å²) in [6.45, 7) is -0.834. The van der Waals surface area contributed by atoms with Crippen LogP contribution in [0.25, 0.3) is 11.0 Å². The number of amides is 1. The second kappa shape index (κ2) is 7.14. The van der Waals surface area contributed by atoms with Crippen molar-refractivity contribution in [3.8, 4) is 0 Å². The summed E-state index contributed by atoms with van der Waals surface area (Å²) in [5.41, 5.74) is -1.68. The highest BCUT2D eigenvalue weighted by atomic mass is 19.1. The molecule has 1 amide bonds. The zero-order valence-electron chi connectivity index (χ0n) is 13.1. The van der Waals surface area contributed by atoms with E-state index in [0.717, 1.165) is 18.2 Å². The molecule has 0 unspecified atom stereocenters. The first-order chi connectivity index (χ1) is 12.5. The average molecular weight is 359 g/mol. The molecule has 1 N–H and O–H groups in total. The number of para-hydroxylation sites is 2. The standard InChI is InChI=1S/C18H11F2NO5/c19-12-5-3-6-13(20)16(12)21-15(22)9-25-17(23)11-8-10-4-1-2-7-14(10)26-18(11)24/h1-8H,9H2,(H,21,22). The Balaban J connectivity index is 1.70. The molecule has 0 atom stereocenters. The third-order valence-corrected chi connectivity index (χ3v) is 3.42. The zero-order chi connectivity index (χ0) is 18.7. The fourth-order valence-electron chi connectivity index (χ4n) is 2.21. The molecule has 1 aromatic heterocycles. The molecule has 8 heteroatoms. The van der Waals surface area contributed by atoms with Gasteiger partial charge in [-0.15, -0.1) is 0 Å². The summed E-state index contributed by atoms with van der Waals surface area (Å²) >= 11 is 0. The summed E-state index contributed by atoms with van der Waals surface area (Å²) in [5, 5.41) is 2.46. The van der Waals surface area contributed by atoms with Crippen LogP contribution in [0.15, 0.2) is 57.7 Å². The van der Waals surface area contributed by atoms with Crippen molar-refractivity contribution in [3.63, 3.8) is 0 Å².